The highest BCUT2D eigenvalue weighted by molar-refractivity contribution is 6.04. The van der Waals surface area contributed by atoms with Gasteiger partial charge in [-0.1, -0.05) is 122 Å². The monoisotopic (exact) mass is 670 g/mol. The summed E-state index contributed by atoms with van der Waals surface area (Å²) in [6.07, 6.45) is 0.816. The van der Waals surface area contributed by atoms with Gasteiger partial charge in [-0.2, -0.15) is 0 Å². The first-order chi connectivity index (χ1) is 24.8. The van der Waals surface area contributed by atoms with Crippen molar-refractivity contribution in [1.29, 1.82) is 0 Å². The lowest BCUT2D eigenvalue weighted by molar-refractivity contribution is 0.167. The van der Waals surface area contributed by atoms with Crippen LogP contribution in [0, 0.1) is 13.8 Å². The van der Waals surface area contributed by atoms with Crippen molar-refractivity contribution >= 4 is 22.7 Å². The summed E-state index contributed by atoms with van der Waals surface area (Å²) in [6, 6.07) is 46.6. The Kier molecular flexibility index (Phi) is 9.09. The van der Waals surface area contributed by atoms with Crippen LogP contribution in [0.3, 0.4) is 0 Å². The van der Waals surface area contributed by atoms with Gasteiger partial charge in [-0.25, -0.2) is 20.9 Å². The summed E-state index contributed by atoms with van der Waals surface area (Å²) in [5, 5.41) is 6.43. The number of hydrazine groups is 1. The fraction of sp³-hybridized carbons (Fsp3) is 0.140. The molecule has 6 N–H and O–H groups in total. The van der Waals surface area contributed by atoms with Crippen molar-refractivity contribution in [3.05, 3.63) is 184 Å². The van der Waals surface area contributed by atoms with Gasteiger partial charge < -0.3 is 16.0 Å². The van der Waals surface area contributed by atoms with E-state index >= 15 is 0 Å². The summed E-state index contributed by atoms with van der Waals surface area (Å²) in [5.41, 5.74) is 23.4. The minimum absolute atomic E-state index is 0.262. The summed E-state index contributed by atoms with van der Waals surface area (Å²) >= 11 is 0. The number of benzene rings is 5. The number of rotatable bonds is 10. The first-order valence-corrected chi connectivity index (χ1v) is 17.2. The number of imidazole rings is 1. The van der Waals surface area contributed by atoms with Crippen molar-refractivity contribution in [3.63, 3.8) is 0 Å². The van der Waals surface area contributed by atoms with Crippen molar-refractivity contribution in [2.45, 2.75) is 39.3 Å². The largest absolute Gasteiger partial charge is 0.399 e. The highest BCUT2D eigenvalue weighted by Crippen LogP contribution is 2.41. The number of nitrogens with two attached hydrogens (primary N) is 3. The fourth-order valence-electron chi connectivity index (χ4n) is 7.06. The van der Waals surface area contributed by atoms with E-state index in [1.807, 2.05) is 79.7 Å². The van der Waals surface area contributed by atoms with Gasteiger partial charge in [-0.15, -0.1) is 5.10 Å². The molecule has 0 unspecified atom stereocenters. The SMILES string of the molecule is CCc1nc2c(C)cc(C)nc2n1Cc1ccc(-c2cc(N)ccc2/C(N)=N/N(N)C(c2ccccc2)(c2ccccc2)c2ccccc2)cc1. The number of anilines is 1. The van der Waals surface area contributed by atoms with Crippen molar-refractivity contribution in [2.24, 2.45) is 16.7 Å². The number of amidine groups is 1. The fourth-order valence-corrected chi connectivity index (χ4v) is 7.06. The summed E-state index contributed by atoms with van der Waals surface area (Å²) in [4.78, 5) is 9.77. The van der Waals surface area contributed by atoms with Crippen LogP contribution in [0.4, 0.5) is 5.69 Å². The summed E-state index contributed by atoms with van der Waals surface area (Å²) in [6.45, 7) is 6.90. The minimum Gasteiger partial charge on any atom is -0.399 e. The van der Waals surface area contributed by atoms with Crippen LogP contribution in [-0.4, -0.2) is 25.5 Å². The van der Waals surface area contributed by atoms with Gasteiger partial charge in [0.25, 0.3) is 0 Å². The molecule has 7 rings (SSSR count). The number of nitrogens with zero attached hydrogens (tertiary/aromatic N) is 5. The van der Waals surface area contributed by atoms with Crippen LogP contribution in [0.2, 0.25) is 0 Å². The second-order valence-corrected chi connectivity index (χ2v) is 12.9. The minimum atomic E-state index is -0.981. The predicted molar refractivity (Wildman–Crippen MR) is 208 cm³/mol. The van der Waals surface area contributed by atoms with Gasteiger partial charge in [0.1, 0.15) is 16.9 Å². The van der Waals surface area contributed by atoms with E-state index in [1.165, 1.54) is 5.12 Å². The Morgan fingerprint density at radius 3 is 1.86 bits per heavy atom. The van der Waals surface area contributed by atoms with Crippen LogP contribution in [0.5, 0.6) is 0 Å². The third-order valence-electron chi connectivity index (χ3n) is 9.48. The molecule has 7 aromatic rings. The summed E-state index contributed by atoms with van der Waals surface area (Å²) in [7, 11) is 0. The second kappa shape index (κ2) is 13.9. The maximum Gasteiger partial charge on any atom is 0.160 e. The highest BCUT2D eigenvalue weighted by Gasteiger charge is 2.41. The van der Waals surface area contributed by atoms with E-state index in [4.69, 9.17) is 32.4 Å². The third kappa shape index (κ3) is 6.22. The Balaban J connectivity index is 1.28. The first-order valence-electron chi connectivity index (χ1n) is 17.2. The van der Waals surface area contributed by atoms with E-state index in [0.29, 0.717) is 12.2 Å². The van der Waals surface area contributed by atoms with Gasteiger partial charge in [0.2, 0.25) is 0 Å². The standard InChI is InChI=1S/C43H42N8/c1-4-39-48-40-29(2)26-30(3)47-42(40)50(39)28-31-20-22-32(23-21-31)38-27-36(44)24-25-37(38)41(45)49-51(46)43(33-14-8-5-9-15-33,34-16-10-6-11-17-34)35-18-12-7-13-19-35/h5-27H,4,28,44,46H2,1-3H3,(H2,45,49). The lowest BCUT2D eigenvalue weighted by Crippen LogP contribution is -2.50. The first kappa shape index (κ1) is 33.3. The van der Waals surface area contributed by atoms with Gasteiger partial charge in [0.05, 0.1) is 6.54 Å². The number of nitrogen functional groups attached to an aromatic ring is 1. The van der Waals surface area contributed by atoms with E-state index in [-0.39, 0.29) is 5.84 Å². The lowest BCUT2D eigenvalue weighted by atomic mass is 9.77. The van der Waals surface area contributed by atoms with Crippen LogP contribution in [-0.2, 0) is 18.5 Å². The Bertz CT molecular complexity index is 2220. The average molecular weight is 671 g/mol. The number of pyridine rings is 1. The zero-order chi connectivity index (χ0) is 35.5. The van der Waals surface area contributed by atoms with Crippen molar-refractivity contribution in [1.82, 2.24) is 19.7 Å². The van der Waals surface area contributed by atoms with E-state index in [1.54, 1.807) is 0 Å². The molecule has 5 aromatic carbocycles. The normalized spacial score (nSPS) is 12.0. The summed E-state index contributed by atoms with van der Waals surface area (Å²) in [5.74, 6) is 8.38. The molecular formula is C43H42N8. The molecule has 8 heteroatoms. The topological polar surface area (TPSA) is 124 Å². The van der Waals surface area contributed by atoms with Crippen LogP contribution in [0.15, 0.2) is 145 Å². The molecule has 51 heavy (non-hydrogen) atoms. The van der Waals surface area contributed by atoms with Crippen molar-refractivity contribution in [3.8, 4) is 11.1 Å². The molecule has 254 valence electrons. The Labute approximate surface area is 298 Å². The second-order valence-electron chi connectivity index (χ2n) is 12.9. The smallest absolute Gasteiger partial charge is 0.160 e. The van der Waals surface area contributed by atoms with E-state index in [2.05, 4.69) is 85.1 Å². The van der Waals surface area contributed by atoms with Gasteiger partial charge in [0, 0.05) is 23.4 Å². The predicted octanol–water partition coefficient (Wildman–Crippen LogP) is 7.70. The van der Waals surface area contributed by atoms with Gasteiger partial charge in [-0.05, 0) is 77.1 Å². The van der Waals surface area contributed by atoms with Crippen molar-refractivity contribution < 1.29 is 0 Å². The van der Waals surface area contributed by atoms with E-state index in [0.717, 1.165) is 73.6 Å². The Hall–Kier alpha value is -6.25. The van der Waals surface area contributed by atoms with Crippen LogP contribution in [0.1, 0.15) is 51.8 Å². The Morgan fingerprint density at radius 1 is 0.745 bits per heavy atom. The highest BCUT2D eigenvalue weighted by atomic mass is 15.7. The molecule has 0 saturated heterocycles. The molecule has 2 heterocycles. The van der Waals surface area contributed by atoms with Gasteiger partial charge >= 0.3 is 0 Å². The summed E-state index contributed by atoms with van der Waals surface area (Å²) < 4.78 is 2.22. The van der Waals surface area contributed by atoms with Crippen molar-refractivity contribution in [2.75, 3.05) is 5.73 Å². The van der Waals surface area contributed by atoms with E-state index < -0.39 is 5.54 Å². The molecule has 0 atom stereocenters. The lowest BCUT2D eigenvalue weighted by Gasteiger charge is -2.41. The number of aryl methyl sites for hydroxylation is 3. The average Bonchev–Trinajstić information content (AvgIpc) is 3.50. The maximum absolute atomic E-state index is 7.10. The molecule has 0 amide bonds. The molecule has 0 radical (unpaired) electrons. The molecule has 8 nitrogen and oxygen atoms in total. The molecule has 0 fully saturated rings. The molecule has 0 bridgehead atoms. The zero-order valence-corrected chi connectivity index (χ0v) is 29.2. The number of aromatic nitrogens is 3. The molecular weight excluding hydrogens is 629 g/mol. The molecule has 0 aliphatic rings. The number of hydrogen-bond donors (Lipinski definition) is 3. The Morgan fingerprint density at radius 2 is 1.31 bits per heavy atom. The number of fused-ring (bicyclic) bond motifs is 1. The molecule has 0 spiro atoms. The molecule has 2 aromatic heterocycles. The van der Waals surface area contributed by atoms with Crippen LogP contribution < -0.4 is 17.3 Å². The van der Waals surface area contributed by atoms with Crippen LogP contribution >= 0.6 is 0 Å². The van der Waals surface area contributed by atoms with Crippen LogP contribution in [0.25, 0.3) is 22.3 Å². The quantitative estimate of drug-likeness (QED) is 0.0342. The van der Waals surface area contributed by atoms with E-state index in [9.17, 15) is 0 Å². The number of hydrazone groups is 1. The molecule has 0 aliphatic heterocycles. The van der Waals surface area contributed by atoms with Gasteiger partial charge in [0.15, 0.2) is 11.5 Å². The third-order valence-corrected chi connectivity index (χ3v) is 9.48. The number of hydrogen-bond acceptors (Lipinski definition) is 6. The maximum atomic E-state index is 7.10. The van der Waals surface area contributed by atoms with Gasteiger partial charge in [-0.3, -0.25) is 0 Å². The molecule has 0 saturated carbocycles. The molecule has 0 aliphatic carbocycles. The zero-order valence-electron chi connectivity index (χ0n) is 29.2.